The van der Waals surface area contributed by atoms with Gasteiger partial charge in [-0.1, -0.05) is 56.3 Å². The van der Waals surface area contributed by atoms with Gasteiger partial charge in [0.25, 0.3) is 0 Å². The Bertz CT molecular complexity index is 1150. The molecule has 0 radical (unpaired) electrons. The molecule has 0 aliphatic heterocycles. The summed E-state index contributed by atoms with van der Waals surface area (Å²) >= 11 is 0. The molecule has 7 nitrogen and oxygen atoms in total. The molecule has 0 aliphatic carbocycles. The van der Waals surface area contributed by atoms with Crippen LogP contribution in [0.5, 0.6) is 5.75 Å². The Morgan fingerprint density at radius 3 is 2.50 bits per heavy atom. The number of benzene rings is 2. The molecule has 0 bridgehead atoms. The van der Waals surface area contributed by atoms with Gasteiger partial charge in [-0.15, -0.1) is 5.10 Å². The Labute approximate surface area is 175 Å². The largest absolute Gasteiger partial charge is 0.496 e. The van der Waals surface area contributed by atoms with E-state index in [2.05, 4.69) is 24.1 Å². The molecule has 4 aromatic rings. The van der Waals surface area contributed by atoms with Gasteiger partial charge < -0.3 is 15.8 Å². The summed E-state index contributed by atoms with van der Waals surface area (Å²) in [5.74, 6) is 2.24. The number of rotatable bonds is 7. The maximum Gasteiger partial charge on any atom is 0.225 e. The number of hydrogen-bond acceptors (Lipinski definition) is 6. The number of nitrogens with two attached hydrogens (primary N) is 1. The Hall–Kier alpha value is -3.61. The number of aromatic nitrogens is 4. The lowest BCUT2D eigenvalue weighted by Gasteiger charge is -2.12. The van der Waals surface area contributed by atoms with Crippen LogP contribution < -0.4 is 15.8 Å². The van der Waals surface area contributed by atoms with Crippen LogP contribution in [0.2, 0.25) is 0 Å². The summed E-state index contributed by atoms with van der Waals surface area (Å²) in [5, 5.41) is 8.73. The predicted molar refractivity (Wildman–Crippen MR) is 121 cm³/mol. The van der Waals surface area contributed by atoms with Gasteiger partial charge in [0.15, 0.2) is 5.65 Å². The number of ether oxygens (including phenoxy) is 1. The summed E-state index contributed by atoms with van der Waals surface area (Å²) in [6.45, 7) is 5.60. The highest BCUT2D eigenvalue weighted by molar-refractivity contribution is 6.00. The monoisotopic (exact) mass is 402 g/mol. The van der Waals surface area contributed by atoms with Crippen LogP contribution in [0.25, 0.3) is 22.3 Å². The molecular weight excluding hydrogens is 376 g/mol. The quantitative estimate of drug-likeness (QED) is 0.481. The molecule has 0 fully saturated rings. The molecule has 0 aliphatic rings. The fourth-order valence-electron chi connectivity index (χ4n) is 3.34. The molecule has 0 atom stereocenters. The Morgan fingerprint density at radius 2 is 1.77 bits per heavy atom. The minimum absolute atomic E-state index is 0.458. The van der Waals surface area contributed by atoms with E-state index in [1.54, 1.807) is 11.8 Å². The molecule has 2 heterocycles. The van der Waals surface area contributed by atoms with Gasteiger partial charge in [-0.3, -0.25) is 0 Å². The topological polar surface area (TPSA) is 90.9 Å². The summed E-state index contributed by atoms with van der Waals surface area (Å²) in [6.07, 6.45) is 0. The minimum Gasteiger partial charge on any atom is -0.496 e. The predicted octanol–water partition coefficient (Wildman–Crippen LogP) is 4.20. The normalized spacial score (nSPS) is 11.2. The molecule has 4 rings (SSSR count). The van der Waals surface area contributed by atoms with Crippen LogP contribution in [0.3, 0.4) is 0 Å². The summed E-state index contributed by atoms with van der Waals surface area (Å²) in [4.78, 5) is 9.43. The second-order valence-corrected chi connectivity index (χ2v) is 7.60. The van der Waals surface area contributed by atoms with Crippen LogP contribution in [0, 0.1) is 5.92 Å². The van der Waals surface area contributed by atoms with Gasteiger partial charge >= 0.3 is 0 Å². The van der Waals surface area contributed by atoms with Gasteiger partial charge in [-0.05, 0) is 23.6 Å². The van der Waals surface area contributed by atoms with E-state index in [0.29, 0.717) is 35.6 Å². The zero-order chi connectivity index (χ0) is 21.1. The summed E-state index contributed by atoms with van der Waals surface area (Å²) < 4.78 is 7.36. The standard InChI is InChI=1S/C23H26N6O/c1-15(2)13-25-23-26-20(17-11-7-8-12-18(17)30-3)19-21(24)29(28-22(19)27-23)14-16-9-5-4-6-10-16/h4-12,15H,13-14,24H2,1-3H3,(H,25,27,28). The zero-order valence-corrected chi connectivity index (χ0v) is 17.5. The van der Waals surface area contributed by atoms with Crippen molar-refractivity contribution in [1.29, 1.82) is 0 Å². The maximum atomic E-state index is 6.55. The molecule has 154 valence electrons. The molecule has 3 N–H and O–H groups in total. The van der Waals surface area contributed by atoms with E-state index >= 15 is 0 Å². The van der Waals surface area contributed by atoms with E-state index in [0.717, 1.165) is 28.8 Å². The van der Waals surface area contributed by atoms with E-state index in [-0.39, 0.29) is 0 Å². The van der Waals surface area contributed by atoms with E-state index in [4.69, 9.17) is 20.6 Å². The number of nitrogens with one attached hydrogen (secondary N) is 1. The zero-order valence-electron chi connectivity index (χ0n) is 17.5. The molecule has 0 unspecified atom stereocenters. The molecular formula is C23H26N6O. The van der Waals surface area contributed by atoms with Crippen molar-refractivity contribution in [2.75, 3.05) is 24.7 Å². The average Bonchev–Trinajstić information content (AvgIpc) is 3.07. The Morgan fingerprint density at radius 1 is 1.03 bits per heavy atom. The number of hydrogen-bond donors (Lipinski definition) is 2. The first-order chi connectivity index (χ1) is 14.6. The van der Waals surface area contributed by atoms with Crippen LogP contribution >= 0.6 is 0 Å². The highest BCUT2D eigenvalue weighted by Gasteiger charge is 2.20. The van der Waals surface area contributed by atoms with Crippen molar-refractivity contribution in [1.82, 2.24) is 19.7 Å². The number of nitrogens with zero attached hydrogens (tertiary/aromatic N) is 4. The lowest BCUT2D eigenvalue weighted by molar-refractivity contribution is 0.416. The lowest BCUT2D eigenvalue weighted by atomic mass is 10.1. The SMILES string of the molecule is COc1ccccc1-c1nc(NCC(C)C)nc2nn(Cc3ccccc3)c(N)c12. The van der Waals surface area contributed by atoms with Gasteiger partial charge in [0.2, 0.25) is 5.95 Å². The van der Waals surface area contributed by atoms with E-state index in [1.807, 2.05) is 54.6 Å². The van der Waals surface area contributed by atoms with Crippen LogP contribution in [0.4, 0.5) is 11.8 Å². The number of anilines is 2. The number of methoxy groups -OCH3 is 1. The van der Waals surface area contributed by atoms with Crippen LogP contribution in [-0.2, 0) is 6.54 Å². The van der Waals surface area contributed by atoms with Gasteiger partial charge in [-0.2, -0.15) is 4.98 Å². The molecule has 0 saturated heterocycles. The number of nitrogen functional groups attached to an aromatic ring is 1. The first kappa shape index (κ1) is 19.7. The minimum atomic E-state index is 0.458. The van der Waals surface area contributed by atoms with Crippen molar-refractivity contribution in [3.8, 4) is 17.0 Å². The molecule has 0 saturated carbocycles. The third-order valence-corrected chi connectivity index (χ3v) is 4.85. The van der Waals surface area contributed by atoms with E-state index in [1.165, 1.54) is 0 Å². The van der Waals surface area contributed by atoms with Crippen LogP contribution in [-0.4, -0.2) is 33.4 Å². The average molecular weight is 403 g/mol. The fourth-order valence-corrected chi connectivity index (χ4v) is 3.34. The highest BCUT2D eigenvalue weighted by atomic mass is 16.5. The van der Waals surface area contributed by atoms with Crippen molar-refractivity contribution in [2.24, 2.45) is 5.92 Å². The maximum absolute atomic E-state index is 6.55. The highest BCUT2D eigenvalue weighted by Crippen LogP contribution is 2.36. The second-order valence-electron chi connectivity index (χ2n) is 7.60. The van der Waals surface area contributed by atoms with Gasteiger partial charge in [0.1, 0.15) is 11.6 Å². The number of fused-ring (bicyclic) bond motifs is 1. The molecule has 0 spiro atoms. The van der Waals surface area contributed by atoms with Crippen molar-refractivity contribution in [3.63, 3.8) is 0 Å². The van der Waals surface area contributed by atoms with Gasteiger partial charge in [0, 0.05) is 12.1 Å². The van der Waals surface area contributed by atoms with Gasteiger partial charge in [-0.25, -0.2) is 9.67 Å². The van der Waals surface area contributed by atoms with Crippen LogP contribution in [0.15, 0.2) is 54.6 Å². The Balaban J connectivity index is 1.88. The molecule has 0 amide bonds. The summed E-state index contributed by atoms with van der Waals surface area (Å²) in [5.41, 5.74) is 9.78. The van der Waals surface area contributed by atoms with Crippen molar-refractivity contribution >= 4 is 22.8 Å². The van der Waals surface area contributed by atoms with Gasteiger partial charge in [0.05, 0.1) is 24.7 Å². The fraction of sp³-hybridized carbons (Fsp3) is 0.261. The first-order valence-electron chi connectivity index (χ1n) is 10.0. The van der Waals surface area contributed by atoms with Crippen molar-refractivity contribution in [2.45, 2.75) is 20.4 Å². The molecule has 30 heavy (non-hydrogen) atoms. The Kier molecular flexibility index (Phi) is 5.52. The van der Waals surface area contributed by atoms with Crippen molar-refractivity contribution in [3.05, 3.63) is 60.2 Å². The first-order valence-corrected chi connectivity index (χ1v) is 10.0. The number of para-hydroxylation sites is 1. The van der Waals surface area contributed by atoms with E-state index < -0.39 is 0 Å². The van der Waals surface area contributed by atoms with Crippen LogP contribution in [0.1, 0.15) is 19.4 Å². The second kappa shape index (κ2) is 8.41. The summed E-state index contributed by atoms with van der Waals surface area (Å²) in [6, 6.07) is 17.9. The van der Waals surface area contributed by atoms with Crippen molar-refractivity contribution < 1.29 is 4.74 Å². The third kappa shape index (κ3) is 3.91. The molecule has 2 aromatic heterocycles. The molecule has 2 aromatic carbocycles. The lowest BCUT2D eigenvalue weighted by Crippen LogP contribution is -2.11. The van der Waals surface area contributed by atoms with E-state index in [9.17, 15) is 0 Å². The molecule has 7 heteroatoms. The smallest absolute Gasteiger partial charge is 0.225 e. The summed E-state index contributed by atoms with van der Waals surface area (Å²) in [7, 11) is 1.65. The third-order valence-electron chi connectivity index (χ3n) is 4.85.